The summed E-state index contributed by atoms with van der Waals surface area (Å²) in [5, 5.41) is 16.8. The van der Waals surface area contributed by atoms with Gasteiger partial charge in [-0.2, -0.15) is 5.06 Å². The number of hydrogen-bond acceptors (Lipinski definition) is 10. The van der Waals surface area contributed by atoms with E-state index in [1.54, 1.807) is 23.3 Å². The van der Waals surface area contributed by atoms with Gasteiger partial charge in [0.1, 0.15) is 29.8 Å². The molecule has 10 atom stereocenters. The minimum Gasteiger partial charge on any atom is -0.458 e. The first-order valence-corrected chi connectivity index (χ1v) is 24.6. The number of fused-ring (bicyclic) bond motifs is 6. The van der Waals surface area contributed by atoms with Gasteiger partial charge in [-0.3, -0.25) is 19.2 Å². The Labute approximate surface area is 379 Å². The van der Waals surface area contributed by atoms with Gasteiger partial charge in [-0.25, -0.2) is 0 Å². The van der Waals surface area contributed by atoms with Crippen LogP contribution in [0.4, 0.5) is 0 Å². The molecule has 64 heavy (non-hydrogen) atoms. The van der Waals surface area contributed by atoms with Gasteiger partial charge in [0.05, 0.1) is 24.9 Å². The number of allylic oxidation sites excluding steroid dienone is 1. The summed E-state index contributed by atoms with van der Waals surface area (Å²) in [6, 6.07) is 14.4. The molecule has 2 amide bonds. The standard InChI is InChI=1S/C52H71N3O9/c1-6-8-12-22-51(23-13-9-7-2)62-42-40-30-52(48(59)54-31-33-15-14-18-36(27-33)46(57)53-25-26-56)44(47(58)60-40)55(64-45(52)43(42)63-51)32-37-17-11-10-16-34(37)28-35-19-20-41-50(5,61-41)24-21-39-38(35)29-49(39,3)4/h10-11,14-18,27-28,38-45,56H,6-9,12-13,19-26,29-32H2,1-5H3,(H,53,57)(H,54,59). The summed E-state index contributed by atoms with van der Waals surface area (Å²) in [5.74, 6) is -0.858. The van der Waals surface area contributed by atoms with Crippen LogP contribution >= 0.6 is 0 Å². The minimum atomic E-state index is -1.34. The van der Waals surface area contributed by atoms with E-state index in [1.807, 2.05) is 12.1 Å². The summed E-state index contributed by atoms with van der Waals surface area (Å²) < 4.78 is 26.8. The monoisotopic (exact) mass is 882 g/mol. The number of unbranched alkanes of at least 4 members (excludes halogenated alkanes) is 4. The van der Waals surface area contributed by atoms with Crippen molar-refractivity contribution in [2.45, 2.75) is 186 Å². The number of esters is 1. The molecule has 3 saturated carbocycles. The second kappa shape index (κ2) is 18.2. The molecule has 7 fully saturated rings. The van der Waals surface area contributed by atoms with E-state index in [1.165, 1.54) is 18.4 Å². The topological polar surface area (TPSA) is 148 Å². The average Bonchev–Trinajstić information content (AvgIpc) is 3.56. The summed E-state index contributed by atoms with van der Waals surface area (Å²) in [6.07, 6.45) is 13.2. The van der Waals surface area contributed by atoms with Gasteiger partial charge in [-0.15, -0.1) is 0 Å². The Bertz CT molecular complexity index is 2080. The maximum absolute atomic E-state index is 15.2. The second-order valence-corrected chi connectivity index (χ2v) is 20.9. The van der Waals surface area contributed by atoms with Crippen molar-refractivity contribution in [3.05, 3.63) is 76.4 Å². The number of ether oxygens (including phenoxy) is 4. The number of carbonyl (C=O) groups excluding carboxylic acids is 3. The normalized spacial score (nSPS) is 34.8. The molecule has 348 valence electrons. The van der Waals surface area contributed by atoms with Crippen LogP contribution < -0.4 is 10.6 Å². The van der Waals surface area contributed by atoms with Gasteiger partial charge >= 0.3 is 5.97 Å². The third-order valence-corrected chi connectivity index (χ3v) is 16.2. The van der Waals surface area contributed by atoms with E-state index in [0.29, 0.717) is 36.3 Å². The van der Waals surface area contributed by atoms with Gasteiger partial charge in [0.15, 0.2) is 11.8 Å². The van der Waals surface area contributed by atoms with Crippen molar-refractivity contribution in [2.75, 3.05) is 13.2 Å². The van der Waals surface area contributed by atoms with E-state index in [9.17, 15) is 14.7 Å². The Kier molecular flexibility index (Phi) is 12.9. The van der Waals surface area contributed by atoms with Gasteiger partial charge in [-0.1, -0.05) is 101 Å². The van der Waals surface area contributed by atoms with Crippen LogP contribution in [0.5, 0.6) is 0 Å². The van der Waals surface area contributed by atoms with Crippen LogP contribution in [0.1, 0.15) is 152 Å². The summed E-state index contributed by atoms with van der Waals surface area (Å²) in [5.41, 5.74) is 3.67. The quantitative estimate of drug-likeness (QED) is 0.0813. The highest BCUT2D eigenvalue weighted by molar-refractivity contribution is 5.95. The van der Waals surface area contributed by atoms with Gasteiger partial charge in [0.25, 0.3) is 5.91 Å². The van der Waals surface area contributed by atoms with Gasteiger partial charge in [0, 0.05) is 37.9 Å². The maximum Gasteiger partial charge on any atom is 0.327 e. The lowest BCUT2D eigenvalue weighted by Gasteiger charge is -2.53. The highest BCUT2D eigenvalue weighted by atomic mass is 16.8. The summed E-state index contributed by atoms with van der Waals surface area (Å²) in [4.78, 5) is 49.6. The molecule has 4 saturated heterocycles. The van der Waals surface area contributed by atoms with E-state index < -0.39 is 47.6 Å². The Morgan fingerprint density at radius 1 is 0.906 bits per heavy atom. The number of aliphatic hydroxyl groups excluding tert-OH is 1. The van der Waals surface area contributed by atoms with Crippen molar-refractivity contribution >= 4 is 23.9 Å². The predicted octanol–water partition coefficient (Wildman–Crippen LogP) is 7.94. The van der Waals surface area contributed by atoms with Gasteiger partial charge < -0.3 is 34.7 Å². The third-order valence-electron chi connectivity index (χ3n) is 16.2. The fraction of sp³-hybridized carbons (Fsp3) is 0.673. The van der Waals surface area contributed by atoms with Crippen LogP contribution in [0.25, 0.3) is 6.08 Å². The number of carbonyl (C=O) groups is 3. The molecule has 2 aromatic carbocycles. The smallest absolute Gasteiger partial charge is 0.327 e. The number of epoxide rings is 1. The van der Waals surface area contributed by atoms with E-state index >= 15 is 4.79 Å². The number of nitrogens with zero attached hydrogens (tertiary/aromatic N) is 1. The summed E-state index contributed by atoms with van der Waals surface area (Å²) in [7, 11) is 0. The number of nitrogens with one attached hydrogen (secondary N) is 2. The van der Waals surface area contributed by atoms with Crippen LogP contribution in [0.3, 0.4) is 0 Å². The predicted molar refractivity (Wildman–Crippen MR) is 241 cm³/mol. The number of rotatable bonds is 17. The van der Waals surface area contributed by atoms with Crippen molar-refractivity contribution < 1.29 is 43.3 Å². The van der Waals surface area contributed by atoms with Crippen LogP contribution in [0.15, 0.2) is 54.1 Å². The van der Waals surface area contributed by atoms with E-state index in [4.69, 9.17) is 23.8 Å². The molecule has 2 bridgehead atoms. The Balaban J connectivity index is 1.04. The molecule has 12 heteroatoms. The second-order valence-electron chi connectivity index (χ2n) is 20.9. The molecule has 0 spiro atoms. The average molecular weight is 882 g/mol. The highest BCUT2D eigenvalue weighted by Gasteiger charge is 2.76. The van der Waals surface area contributed by atoms with Gasteiger partial charge in [-0.05, 0) is 97.9 Å². The van der Waals surface area contributed by atoms with Crippen LogP contribution in [-0.4, -0.2) is 89.1 Å². The summed E-state index contributed by atoms with van der Waals surface area (Å²) >= 11 is 0. The molecule has 3 N–H and O–H groups in total. The fourth-order valence-corrected chi connectivity index (χ4v) is 12.5. The molecule has 4 aliphatic heterocycles. The van der Waals surface area contributed by atoms with Crippen molar-refractivity contribution in [1.29, 1.82) is 0 Å². The maximum atomic E-state index is 15.2. The molecule has 0 radical (unpaired) electrons. The molecule has 0 aromatic heterocycles. The number of aliphatic hydroxyl groups is 1. The van der Waals surface area contributed by atoms with Crippen molar-refractivity contribution in [3.8, 4) is 0 Å². The highest BCUT2D eigenvalue weighted by Crippen LogP contribution is 2.61. The first-order valence-electron chi connectivity index (χ1n) is 24.6. The number of amides is 2. The van der Waals surface area contributed by atoms with E-state index in [0.717, 1.165) is 74.5 Å². The Hall–Kier alpha value is -3.65. The molecule has 12 nitrogen and oxygen atoms in total. The molecule has 7 aliphatic rings. The molecular formula is C52H71N3O9. The van der Waals surface area contributed by atoms with Crippen molar-refractivity contribution in [1.82, 2.24) is 15.7 Å². The largest absolute Gasteiger partial charge is 0.458 e. The van der Waals surface area contributed by atoms with Crippen LogP contribution in [0.2, 0.25) is 0 Å². The molecule has 9 rings (SSSR count). The molecule has 3 aliphatic carbocycles. The molecule has 2 aromatic rings. The lowest BCUT2D eigenvalue weighted by atomic mass is 9.52. The zero-order valence-electron chi connectivity index (χ0n) is 38.7. The van der Waals surface area contributed by atoms with E-state index in [-0.39, 0.29) is 55.5 Å². The number of hydroxylamine groups is 2. The third kappa shape index (κ3) is 8.49. The summed E-state index contributed by atoms with van der Waals surface area (Å²) in [6.45, 7) is 11.8. The number of benzene rings is 2. The molecule has 4 heterocycles. The Morgan fingerprint density at radius 2 is 1.67 bits per heavy atom. The van der Waals surface area contributed by atoms with E-state index in [2.05, 4.69) is 69.5 Å². The molecule has 10 unspecified atom stereocenters. The van der Waals surface area contributed by atoms with Crippen LogP contribution in [-0.2, 0) is 46.5 Å². The Morgan fingerprint density at radius 3 is 2.42 bits per heavy atom. The lowest BCUT2D eigenvalue weighted by Crippen LogP contribution is -2.69. The zero-order chi connectivity index (χ0) is 44.9. The SMILES string of the molecule is CCCCCC1(CCCCC)OC2C3CC4(C(=O)NCc5cccc(C(=O)NCCO)c5)C(ON(Cc5ccccc5C=C5CCC6OC6(C)CCC6C5CC6(C)C)C4C(=O)O3)C2O1. The van der Waals surface area contributed by atoms with Crippen molar-refractivity contribution in [2.24, 2.45) is 22.7 Å². The minimum absolute atomic E-state index is 0.00223. The van der Waals surface area contributed by atoms with Gasteiger partial charge in [0.2, 0.25) is 5.91 Å². The first-order chi connectivity index (χ1) is 30.8. The number of hydrogen-bond donors (Lipinski definition) is 3. The molecular weight excluding hydrogens is 811 g/mol. The fourth-order valence-electron chi connectivity index (χ4n) is 12.5. The van der Waals surface area contributed by atoms with Crippen molar-refractivity contribution in [3.63, 3.8) is 0 Å². The lowest BCUT2D eigenvalue weighted by molar-refractivity contribution is -0.224. The zero-order valence-corrected chi connectivity index (χ0v) is 38.7. The van der Waals surface area contributed by atoms with Crippen LogP contribution in [0, 0.1) is 22.7 Å². The first kappa shape index (κ1) is 45.5.